The minimum absolute atomic E-state index is 0. The molecule has 0 bridgehead atoms. The minimum Gasteiger partial charge on any atom is -0.726 e. The van der Waals surface area contributed by atoms with Crippen molar-refractivity contribution < 1.29 is 46.7 Å². The number of unbranched alkanes of at least 4 members (excludes halogenated alkanes) is 21. The van der Waals surface area contributed by atoms with Crippen LogP contribution in [0.1, 0.15) is 174 Å². The topological polar surface area (TPSA) is 66.4 Å². The summed E-state index contributed by atoms with van der Waals surface area (Å²) in [5.41, 5.74) is 0. The Labute approximate surface area is 242 Å². The molecule has 0 radical (unpaired) electrons. The van der Waals surface area contributed by atoms with Crippen LogP contribution in [0.25, 0.3) is 0 Å². The van der Waals surface area contributed by atoms with Gasteiger partial charge in [0.25, 0.3) is 0 Å². The molecule has 0 aromatic carbocycles. The minimum atomic E-state index is -4.58. The zero-order valence-electron chi connectivity index (χ0n) is 24.0. The third-order valence-electron chi connectivity index (χ3n) is 7.13. The first-order valence-corrected chi connectivity index (χ1v) is 16.4. The Morgan fingerprint density at radius 2 is 0.771 bits per heavy atom. The molecule has 206 valence electrons. The molecular weight excluding hydrogens is 467 g/mol. The van der Waals surface area contributed by atoms with Crippen molar-refractivity contribution in [3.8, 4) is 0 Å². The van der Waals surface area contributed by atoms with Gasteiger partial charge < -0.3 is 4.55 Å². The first-order chi connectivity index (χ1) is 16.5. The van der Waals surface area contributed by atoms with E-state index in [0.29, 0.717) is 0 Å². The zero-order chi connectivity index (χ0) is 25.2. The summed E-state index contributed by atoms with van der Waals surface area (Å²) in [7, 11) is -4.58. The SMILES string of the molecule is CCCCCCCCCCCCCCC(CCCCCCCCCCCCC)COS(=O)(=O)[O-].[Na+]. The van der Waals surface area contributed by atoms with Crippen LogP contribution < -0.4 is 29.6 Å². The monoisotopic (exact) mass is 526 g/mol. The van der Waals surface area contributed by atoms with Crippen molar-refractivity contribution >= 4 is 10.4 Å². The van der Waals surface area contributed by atoms with Crippen LogP contribution in [0.5, 0.6) is 0 Å². The van der Waals surface area contributed by atoms with Crippen LogP contribution in [0.3, 0.4) is 0 Å². The molecule has 0 heterocycles. The fourth-order valence-corrected chi connectivity index (χ4v) is 5.22. The van der Waals surface area contributed by atoms with Gasteiger partial charge in [-0.3, -0.25) is 4.18 Å². The number of hydrogen-bond donors (Lipinski definition) is 0. The normalized spacial score (nSPS) is 12.5. The van der Waals surface area contributed by atoms with Crippen molar-refractivity contribution in [2.24, 2.45) is 5.92 Å². The maximum Gasteiger partial charge on any atom is 1.00 e. The second-order valence-corrected chi connectivity index (χ2v) is 11.6. The molecule has 0 aliphatic carbocycles. The fourth-order valence-electron chi connectivity index (χ4n) is 4.86. The summed E-state index contributed by atoms with van der Waals surface area (Å²) < 4.78 is 37.3. The Morgan fingerprint density at radius 3 is 1.03 bits per heavy atom. The molecule has 6 heteroatoms. The van der Waals surface area contributed by atoms with E-state index in [1.54, 1.807) is 0 Å². The third-order valence-corrected chi connectivity index (χ3v) is 7.55. The van der Waals surface area contributed by atoms with Crippen LogP contribution in [-0.4, -0.2) is 19.6 Å². The van der Waals surface area contributed by atoms with Gasteiger partial charge in [-0.2, -0.15) is 0 Å². The predicted octanol–water partition coefficient (Wildman–Crippen LogP) is 6.88. The average molecular weight is 527 g/mol. The number of hydrogen-bond acceptors (Lipinski definition) is 4. The molecule has 35 heavy (non-hydrogen) atoms. The van der Waals surface area contributed by atoms with E-state index in [9.17, 15) is 13.0 Å². The molecule has 0 aromatic rings. The van der Waals surface area contributed by atoms with E-state index >= 15 is 0 Å². The van der Waals surface area contributed by atoms with Gasteiger partial charge in [-0.25, -0.2) is 8.42 Å². The molecule has 4 nitrogen and oxygen atoms in total. The van der Waals surface area contributed by atoms with E-state index in [1.807, 2.05) is 0 Å². The van der Waals surface area contributed by atoms with Gasteiger partial charge in [0.2, 0.25) is 10.4 Å². The predicted molar refractivity (Wildman–Crippen MR) is 146 cm³/mol. The molecule has 0 fully saturated rings. The molecule has 0 aliphatic heterocycles. The van der Waals surface area contributed by atoms with Crippen LogP contribution in [0.4, 0.5) is 0 Å². The molecule has 0 saturated carbocycles. The maximum atomic E-state index is 10.9. The Morgan fingerprint density at radius 1 is 0.514 bits per heavy atom. The summed E-state index contributed by atoms with van der Waals surface area (Å²) in [5.74, 6) is 0.199. The first-order valence-electron chi connectivity index (χ1n) is 15.1. The molecule has 1 atom stereocenters. The van der Waals surface area contributed by atoms with E-state index < -0.39 is 10.4 Å². The van der Waals surface area contributed by atoms with Crippen molar-refractivity contribution in [2.45, 2.75) is 174 Å². The van der Waals surface area contributed by atoms with Gasteiger partial charge >= 0.3 is 29.6 Å². The van der Waals surface area contributed by atoms with E-state index in [1.165, 1.54) is 135 Å². The Balaban J connectivity index is 0. The van der Waals surface area contributed by atoms with E-state index in [-0.39, 0.29) is 42.1 Å². The van der Waals surface area contributed by atoms with Gasteiger partial charge in [-0.05, 0) is 18.8 Å². The summed E-state index contributed by atoms with van der Waals surface area (Å²) in [6.07, 6.45) is 32.2. The van der Waals surface area contributed by atoms with Crippen molar-refractivity contribution in [1.29, 1.82) is 0 Å². The smallest absolute Gasteiger partial charge is 0.726 e. The van der Waals surface area contributed by atoms with Gasteiger partial charge in [0, 0.05) is 0 Å². The van der Waals surface area contributed by atoms with Crippen LogP contribution in [0.2, 0.25) is 0 Å². The molecule has 0 aliphatic rings. The molecule has 0 amide bonds. The Bertz CT molecular complexity index is 499. The molecule has 1 unspecified atom stereocenters. The quantitative estimate of drug-likeness (QED) is 0.0482. The molecular formula is C29H59NaO4S. The Kier molecular flexibility index (Phi) is 32.0. The summed E-state index contributed by atoms with van der Waals surface area (Å²) in [5, 5.41) is 0. The van der Waals surface area contributed by atoms with Crippen LogP contribution in [0.15, 0.2) is 0 Å². The summed E-state index contributed by atoms with van der Waals surface area (Å²) in [6, 6.07) is 0. The molecule has 0 spiro atoms. The van der Waals surface area contributed by atoms with E-state index in [2.05, 4.69) is 18.0 Å². The second kappa shape index (κ2) is 29.4. The van der Waals surface area contributed by atoms with Crippen molar-refractivity contribution in [2.75, 3.05) is 6.61 Å². The standard InChI is InChI=1S/C29H60O4S.Na/c1-3-5-7-9-11-13-15-17-19-21-23-25-27-29(28-33-34(30,31)32)26-24-22-20-18-16-14-12-10-8-6-4-2;/h29H,3-28H2,1-2H3,(H,30,31,32);/q;+1/p-1. The fraction of sp³-hybridized carbons (Fsp3) is 1.00. The van der Waals surface area contributed by atoms with Gasteiger partial charge in [-0.15, -0.1) is 0 Å². The maximum absolute atomic E-state index is 10.9. The first kappa shape index (κ1) is 38.0. The van der Waals surface area contributed by atoms with Gasteiger partial charge in [-0.1, -0.05) is 162 Å². The molecule has 0 rings (SSSR count). The van der Waals surface area contributed by atoms with Crippen molar-refractivity contribution in [1.82, 2.24) is 0 Å². The summed E-state index contributed by atoms with van der Waals surface area (Å²) in [6.45, 7) is 4.59. The molecule has 0 aromatic heterocycles. The van der Waals surface area contributed by atoms with E-state index in [4.69, 9.17) is 0 Å². The second-order valence-electron chi connectivity index (χ2n) is 10.6. The van der Waals surface area contributed by atoms with E-state index in [0.717, 1.165) is 25.7 Å². The average Bonchev–Trinajstić information content (AvgIpc) is 2.80. The number of rotatable bonds is 28. The summed E-state index contributed by atoms with van der Waals surface area (Å²) >= 11 is 0. The van der Waals surface area contributed by atoms with Crippen LogP contribution in [0, 0.1) is 5.92 Å². The van der Waals surface area contributed by atoms with Gasteiger partial charge in [0.15, 0.2) is 0 Å². The van der Waals surface area contributed by atoms with Gasteiger partial charge in [0.05, 0.1) is 6.61 Å². The van der Waals surface area contributed by atoms with Gasteiger partial charge in [0.1, 0.15) is 0 Å². The van der Waals surface area contributed by atoms with Crippen LogP contribution in [-0.2, 0) is 14.6 Å². The third kappa shape index (κ3) is 32.8. The van der Waals surface area contributed by atoms with Crippen molar-refractivity contribution in [3.63, 3.8) is 0 Å². The zero-order valence-corrected chi connectivity index (χ0v) is 26.8. The molecule has 0 saturated heterocycles. The molecule has 0 N–H and O–H groups in total. The summed E-state index contributed by atoms with van der Waals surface area (Å²) in [4.78, 5) is 0. The van der Waals surface area contributed by atoms with Crippen LogP contribution >= 0.6 is 0 Å². The largest absolute Gasteiger partial charge is 1.00 e. The Hall–Kier alpha value is 0.870. The van der Waals surface area contributed by atoms with Crippen molar-refractivity contribution in [3.05, 3.63) is 0 Å².